The van der Waals surface area contributed by atoms with Gasteiger partial charge >= 0.3 is 19.8 Å². The number of carbonyl (C=O) groups excluding carboxylic acids is 2. The molecule has 0 aliphatic rings. The van der Waals surface area contributed by atoms with Crippen LogP contribution in [0, 0.1) is 0 Å². The highest BCUT2D eigenvalue weighted by atomic mass is 31.2. The molecule has 0 heterocycles. The second-order valence-electron chi connectivity index (χ2n) is 13.8. The molecule has 3 N–H and O–H groups in total. The van der Waals surface area contributed by atoms with Gasteiger partial charge in [0.1, 0.15) is 6.61 Å². The Kier molecular flexibility index (Phi) is 36.4. The van der Waals surface area contributed by atoms with E-state index >= 15 is 0 Å². The Labute approximate surface area is 322 Å². The zero-order valence-electron chi connectivity index (χ0n) is 33.3. The van der Waals surface area contributed by atoms with Crippen molar-refractivity contribution in [3.63, 3.8) is 0 Å². The van der Waals surface area contributed by atoms with Gasteiger partial charge in [-0.3, -0.25) is 14.1 Å². The first-order valence-electron chi connectivity index (χ1n) is 20.7. The number of aliphatic hydroxyl groups is 1. The maximum atomic E-state index is 12.4. The van der Waals surface area contributed by atoms with Crippen LogP contribution >= 0.6 is 7.82 Å². The summed E-state index contributed by atoms with van der Waals surface area (Å²) in [5, 5.41) is 9.45. The molecule has 0 rings (SSSR count). The number of ether oxygens (including phenoxy) is 2. The Balaban J connectivity index is 4.03. The van der Waals surface area contributed by atoms with Gasteiger partial charge in [0.05, 0.1) is 12.7 Å². The summed E-state index contributed by atoms with van der Waals surface area (Å²) in [6.07, 6.45) is 44.7. The van der Waals surface area contributed by atoms with Crippen LogP contribution in [0.3, 0.4) is 0 Å². The van der Waals surface area contributed by atoms with Crippen LogP contribution in [0.25, 0.3) is 0 Å². The maximum absolute atomic E-state index is 12.4. The Morgan fingerprint density at radius 2 is 1.06 bits per heavy atom. The van der Waals surface area contributed by atoms with Crippen LogP contribution < -0.4 is 0 Å². The third-order valence-corrected chi connectivity index (χ3v) is 9.19. The van der Waals surface area contributed by atoms with Crippen LogP contribution in [0.4, 0.5) is 0 Å². The highest BCUT2D eigenvalue weighted by Crippen LogP contribution is 2.36. The van der Waals surface area contributed by atoms with Gasteiger partial charge in [-0.1, -0.05) is 177 Å². The third kappa shape index (κ3) is 40.7. The zero-order chi connectivity index (χ0) is 39.1. The maximum Gasteiger partial charge on any atom is 0.469 e. The number of phosphoric ester groups is 1. The fraction of sp³-hybridized carbons (Fsp3) is 0.721. The van der Waals surface area contributed by atoms with Crippen LogP contribution in [0.1, 0.15) is 174 Å². The van der Waals surface area contributed by atoms with Crippen LogP contribution in [-0.4, -0.2) is 52.3 Å². The number of phosphoric acid groups is 1. The fourth-order valence-electron chi connectivity index (χ4n) is 5.48. The van der Waals surface area contributed by atoms with Gasteiger partial charge in [-0.25, -0.2) is 4.57 Å². The van der Waals surface area contributed by atoms with Crippen molar-refractivity contribution in [2.24, 2.45) is 0 Å². The number of hydrogen-bond acceptors (Lipinski definition) is 7. The van der Waals surface area contributed by atoms with Gasteiger partial charge < -0.3 is 24.4 Å². The molecule has 0 aromatic carbocycles. The summed E-state index contributed by atoms with van der Waals surface area (Å²) >= 11 is 0. The SMILES string of the molecule is CCCCCCCCCCCCCCCCCCCC(=O)OC[C@H](COP(=O)(O)O)OC(=O)CCC/C=C\C/C=C\C/C=C\C/C=C\C=C\[C@H](O)CC. The highest BCUT2D eigenvalue weighted by Gasteiger charge is 2.22. The van der Waals surface area contributed by atoms with E-state index in [1.165, 1.54) is 89.9 Å². The zero-order valence-corrected chi connectivity index (χ0v) is 34.2. The molecule has 0 saturated heterocycles. The highest BCUT2D eigenvalue weighted by molar-refractivity contribution is 7.46. The molecule has 0 aromatic rings. The van der Waals surface area contributed by atoms with E-state index in [0.717, 1.165) is 32.1 Å². The lowest BCUT2D eigenvalue weighted by Crippen LogP contribution is -2.29. The summed E-state index contributed by atoms with van der Waals surface area (Å²) in [6.45, 7) is 3.31. The van der Waals surface area contributed by atoms with Gasteiger partial charge in [-0.2, -0.15) is 0 Å². The van der Waals surface area contributed by atoms with E-state index in [-0.39, 0.29) is 25.6 Å². The molecule has 0 radical (unpaired) electrons. The van der Waals surface area contributed by atoms with E-state index in [2.05, 4.69) is 35.8 Å². The molecule has 0 amide bonds. The van der Waals surface area contributed by atoms with Crippen molar-refractivity contribution in [1.82, 2.24) is 0 Å². The molecule has 2 atom stereocenters. The number of aliphatic hydroxyl groups excluding tert-OH is 1. The minimum atomic E-state index is -4.78. The monoisotopic (exact) mass is 767 g/mol. The summed E-state index contributed by atoms with van der Waals surface area (Å²) in [5.74, 6) is -0.971. The molecule has 0 aliphatic heterocycles. The average Bonchev–Trinajstić information content (AvgIpc) is 3.13. The first-order valence-corrected chi connectivity index (χ1v) is 22.2. The van der Waals surface area contributed by atoms with Crippen molar-refractivity contribution in [2.45, 2.75) is 187 Å². The summed E-state index contributed by atoms with van der Waals surface area (Å²) in [4.78, 5) is 42.8. The van der Waals surface area contributed by atoms with E-state index < -0.39 is 32.5 Å². The first-order chi connectivity index (χ1) is 25.7. The first kappa shape index (κ1) is 50.7. The molecular weight excluding hydrogens is 691 g/mol. The number of esters is 2. The molecule has 0 saturated carbocycles. The topological polar surface area (TPSA) is 140 Å². The van der Waals surface area contributed by atoms with Crippen LogP contribution in [-0.2, 0) is 28.2 Å². The lowest BCUT2D eigenvalue weighted by molar-refractivity contribution is -0.161. The minimum Gasteiger partial charge on any atom is -0.462 e. The molecule has 0 aliphatic carbocycles. The Bertz CT molecular complexity index is 1060. The molecule has 53 heavy (non-hydrogen) atoms. The second kappa shape index (κ2) is 38.0. The summed E-state index contributed by atoms with van der Waals surface area (Å²) < 4.78 is 26.3. The molecule has 9 nitrogen and oxygen atoms in total. The van der Waals surface area contributed by atoms with Gasteiger partial charge in [0.2, 0.25) is 0 Å². The Morgan fingerprint density at radius 1 is 0.585 bits per heavy atom. The molecule has 0 unspecified atom stereocenters. The van der Waals surface area contributed by atoms with Crippen molar-refractivity contribution in [2.75, 3.05) is 13.2 Å². The van der Waals surface area contributed by atoms with Crippen molar-refractivity contribution in [3.8, 4) is 0 Å². The normalized spacial score (nSPS) is 13.7. The van der Waals surface area contributed by atoms with Gasteiger partial charge in [0.25, 0.3) is 0 Å². The van der Waals surface area contributed by atoms with Gasteiger partial charge in [-0.15, -0.1) is 0 Å². The smallest absolute Gasteiger partial charge is 0.462 e. The van der Waals surface area contributed by atoms with Crippen molar-refractivity contribution >= 4 is 19.8 Å². The van der Waals surface area contributed by atoms with Gasteiger partial charge in [-0.05, 0) is 44.9 Å². The molecule has 10 heteroatoms. The van der Waals surface area contributed by atoms with Gasteiger partial charge in [0.15, 0.2) is 6.10 Å². The standard InChI is InChI=1S/C43H75O9P/c1-3-5-6-7-8-9-10-11-12-13-14-18-21-24-27-30-33-36-42(45)50-38-41(39-51-53(47,48)49)52-43(46)37-34-31-28-25-22-19-16-15-17-20-23-26-29-32-35-40(44)4-2/h16-17,19-20,25-26,28-29,32,35,40-41,44H,3-15,18,21-24,27,30-31,33-34,36-39H2,1-2H3,(H2,47,48,49)/b19-16-,20-17-,28-25-,29-26-,35-32+/t40-,41-/m1/s1. The van der Waals surface area contributed by atoms with Crippen molar-refractivity contribution < 1.29 is 43.0 Å². The predicted molar refractivity (Wildman–Crippen MR) is 217 cm³/mol. The number of unbranched alkanes of at least 4 members (excludes halogenated alkanes) is 17. The largest absolute Gasteiger partial charge is 0.469 e. The predicted octanol–water partition coefficient (Wildman–Crippen LogP) is 11.5. The van der Waals surface area contributed by atoms with E-state index in [1.54, 1.807) is 6.08 Å². The van der Waals surface area contributed by atoms with Crippen LogP contribution in [0.5, 0.6) is 0 Å². The lowest BCUT2D eigenvalue weighted by atomic mass is 10.0. The minimum absolute atomic E-state index is 0.119. The molecular formula is C43H75O9P. The molecule has 0 fully saturated rings. The number of allylic oxidation sites excluding steroid dienone is 9. The molecule has 306 valence electrons. The number of rotatable bonds is 37. The quantitative estimate of drug-likeness (QED) is 0.0185. The summed E-state index contributed by atoms with van der Waals surface area (Å²) in [5.41, 5.74) is 0. The molecule has 0 aromatic heterocycles. The van der Waals surface area contributed by atoms with Crippen LogP contribution in [0.2, 0.25) is 0 Å². The Morgan fingerprint density at radius 3 is 1.57 bits per heavy atom. The van der Waals surface area contributed by atoms with Crippen LogP contribution in [0.15, 0.2) is 60.8 Å². The van der Waals surface area contributed by atoms with E-state index in [1.807, 2.05) is 37.3 Å². The van der Waals surface area contributed by atoms with E-state index in [4.69, 9.17) is 19.3 Å². The van der Waals surface area contributed by atoms with Gasteiger partial charge in [0, 0.05) is 12.8 Å². The molecule has 0 bridgehead atoms. The summed E-state index contributed by atoms with van der Waals surface area (Å²) in [7, 11) is -4.78. The molecule has 0 spiro atoms. The van der Waals surface area contributed by atoms with E-state index in [9.17, 15) is 19.3 Å². The average molecular weight is 767 g/mol. The third-order valence-electron chi connectivity index (χ3n) is 8.71. The van der Waals surface area contributed by atoms with E-state index in [0.29, 0.717) is 25.7 Å². The number of hydrogen-bond donors (Lipinski definition) is 3. The Hall–Kier alpha value is -2.29. The fourth-order valence-corrected chi connectivity index (χ4v) is 5.84. The number of carbonyl (C=O) groups is 2. The van der Waals surface area contributed by atoms with Crippen molar-refractivity contribution in [1.29, 1.82) is 0 Å². The van der Waals surface area contributed by atoms with Crippen molar-refractivity contribution in [3.05, 3.63) is 60.8 Å². The summed E-state index contributed by atoms with van der Waals surface area (Å²) in [6, 6.07) is 0. The lowest BCUT2D eigenvalue weighted by Gasteiger charge is -2.18. The second-order valence-corrected chi connectivity index (χ2v) is 15.0.